The van der Waals surface area contributed by atoms with Crippen LogP contribution in [0, 0.1) is 5.92 Å². The van der Waals surface area contributed by atoms with Gasteiger partial charge in [0.25, 0.3) is 0 Å². The Labute approximate surface area is 164 Å². The molecule has 1 aromatic heterocycles. The number of carbonyl (C=O) groups is 1. The van der Waals surface area contributed by atoms with Gasteiger partial charge in [0.05, 0.1) is 16.8 Å². The zero-order valence-electron chi connectivity index (χ0n) is 15.6. The van der Waals surface area contributed by atoms with Crippen LogP contribution in [0.3, 0.4) is 0 Å². The highest BCUT2D eigenvalue weighted by Crippen LogP contribution is 2.38. The van der Waals surface area contributed by atoms with E-state index in [9.17, 15) is 4.79 Å². The molecule has 1 heterocycles. The van der Waals surface area contributed by atoms with E-state index in [-0.39, 0.29) is 11.7 Å². The first-order valence-electron chi connectivity index (χ1n) is 9.61. The molecule has 2 saturated carbocycles. The normalized spacial score (nSPS) is 17.5. The minimum Gasteiger partial charge on any atom is -0.381 e. The van der Waals surface area contributed by atoms with Crippen molar-refractivity contribution in [3.63, 3.8) is 0 Å². The van der Waals surface area contributed by atoms with Crippen LogP contribution in [0.5, 0.6) is 0 Å². The highest BCUT2D eigenvalue weighted by molar-refractivity contribution is 9.10. The Bertz CT molecular complexity index is 767. The maximum absolute atomic E-state index is 12.7. The molecule has 1 aromatic carbocycles. The monoisotopic (exact) mass is 417 g/mol. The second kappa shape index (κ2) is 8.96. The zero-order chi connectivity index (χ0) is 18.5. The number of rotatable bonds is 4. The Morgan fingerprint density at radius 3 is 2.46 bits per heavy atom. The summed E-state index contributed by atoms with van der Waals surface area (Å²) in [7, 11) is 3.75. The molecular formula is C21H28BrN3O. The van der Waals surface area contributed by atoms with Gasteiger partial charge in [0, 0.05) is 28.0 Å². The number of benzene rings is 1. The summed E-state index contributed by atoms with van der Waals surface area (Å²) in [6.07, 6.45) is 10.1. The van der Waals surface area contributed by atoms with E-state index in [1.807, 2.05) is 26.2 Å². The molecule has 2 aromatic rings. The molecule has 5 heteroatoms. The summed E-state index contributed by atoms with van der Waals surface area (Å²) in [5.74, 6) is 0.478. The molecule has 4 rings (SSSR count). The molecule has 4 nitrogen and oxygen atoms in total. The number of halogens is 1. The van der Waals surface area contributed by atoms with Crippen molar-refractivity contribution < 1.29 is 4.79 Å². The van der Waals surface area contributed by atoms with Gasteiger partial charge in [-0.3, -0.25) is 9.78 Å². The molecular weight excluding hydrogens is 390 g/mol. The largest absolute Gasteiger partial charge is 0.381 e. The number of aromatic nitrogens is 1. The van der Waals surface area contributed by atoms with Crippen LogP contribution in [0.25, 0.3) is 10.9 Å². The molecule has 0 amide bonds. The Hall–Kier alpha value is -1.46. The van der Waals surface area contributed by atoms with Crippen LogP contribution in [0.2, 0.25) is 0 Å². The SMILES string of the molecule is CNC.O=C(c1cnc2ccc(Br)cc2c1NC1CCCCC1)C1CC1. The number of carbonyl (C=O) groups excluding carboxylic acids is 1. The summed E-state index contributed by atoms with van der Waals surface area (Å²) in [6.45, 7) is 0. The van der Waals surface area contributed by atoms with Crippen LogP contribution in [-0.4, -0.2) is 30.9 Å². The third-order valence-corrected chi connectivity index (χ3v) is 5.49. The highest BCUT2D eigenvalue weighted by atomic mass is 79.9. The maximum Gasteiger partial charge on any atom is 0.169 e. The first-order valence-corrected chi connectivity index (χ1v) is 10.4. The van der Waals surface area contributed by atoms with Gasteiger partial charge in [0.15, 0.2) is 5.78 Å². The van der Waals surface area contributed by atoms with Gasteiger partial charge in [-0.25, -0.2) is 0 Å². The second-order valence-corrected chi connectivity index (χ2v) is 8.24. The quantitative estimate of drug-likeness (QED) is 0.673. The van der Waals surface area contributed by atoms with Crippen LogP contribution in [-0.2, 0) is 0 Å². The fraction of sp³-hybridized carbons (Fsp3) is 0.524. The average molecular weight is 418 g/mol. The molecule has 2 N–H and O–H groups in total. The number of anilines is 1. The van der Waals surface area contributed by atoms with Gasteiger partial charge in [-0.15, -0.1) is 0 Å². The lowest BCUT2D eigenvalue weighted by atomic mass is 9.94. The lowest BCUT2D eigenvalue weighted by molar-refractivity contribution is 0.0968. The second-order valence-electron chi connectivity index (χ2n) is 7.33. The van der Waals surface area contributed by atoms with Gasteiger partial charge in [0.1, 0.15) is 0 Å². The fourth-order valence-electron chi connectivity index (χ4n) is 3.52. The molecule has 0 radical (unpaired) electrons. The molecule has 2 aliphatic rings. The first-order chi connectivity index (χ1) is 12.6. The average Bonchev–Trinajstić information content (AvgIpc) is 3.48. The molecule has 0 saturated heterocycles. The van der Waals surface area contributed by atoms with E-state index in [0.717, 1.165) is 39.5 Å². The van der Waals surface area contributed by atoms with Crippen molar-refractivity contribution >= 4 is 38.3 Å². The molecule has 2 fully saturated rings. The summed E-state index contributed by atoms with van der Waals surface area (Å²) in [5, 5.41) is 7.50. The third-order valence-electron chi connectivity index (χ3n) is 5.00. The van der Waals surface area contributed by atoms with Crippen molar-refractivity contribution in [2.75, 3.05) is 19.4 Å². The number of Topliss-reactive ketones (excluding diaryl/α,β-unsaturated/α-hetero) is 1. The zero-order valence-corrected chi connectivity index (χ0v) is 17.2. The molecule has 26 heavy (non-hydrogen) atoms. The van der Waals surface area contributed by atoms with Crippen molar-refractivity contribution in [2.45, 2.75) is 51.0 Å². The van der Waals surface area contributed by atoms with Crippen LogP contribution < -0.4 is 10.6 Å². The predicted molar refractivity (Wildman–Crippen MR) is 112 cm³/mol. The number of nitrogens with zero attached hydrogens (tertiary/aromatic N) is 1. The van der Waals surface area contributed by atoms with E-state index in [0.29, 0.717) is 6.04 Å². The van der Waals surface area contributed by atoms with Gasteiger partial charge < -0.3 is 10.6 Å². The summed E-state index contributed by atoms with van der Waals surface area (Å²) in [6, 6.07) is 6.56. The summed E-state index contributed by atoms with van der Waals surface area (Å²) >= 11 is 3.55. The van der Waals surface area contributed by atoms with Crippen LogP contribution in [0.4, 0.5) is 5.69 Å². The Morgan fingerprint density at radius 1 is 1.12 bits per heavy atom. The van der Waals surface area contributed by atoms with Crippen molar-refractivity contribution in [1.29, 1.82) is 0 Å². The van der Waals surface area contributed by atoms with Gasteiger partial charge in [-0.05, 0) is 58.0 Å². The molecule has 0 unspecified atom stereocenters. The van der Waals surface area contributed by atoms with Crippen LogP contribution >= 0.6 is 15.9 Å². The van der Waals surface area contributed by atoms with Crippen molar-refractivity contribution in [1.82, 2.24) is 10.3 Å². The number of hydrogen-bond acceptors (Lipinski definition) is 4. The Balaban J connectivity index is 0.000000613. The lowest BCUT2D eigenvalue weighted by Gasteiger charge is -2.26. The van der Waals surface area contributed by atoms with Crippen LogP contribution in [0.15, 0.2) is 28.9 Å². The molecule has 0 aliphatic heterocycles. The smallest absolute Gasteiger partial charge is 0.169 e. The van der Waals surface area contributed by atoms with Gasteiger partial charge in [0.2, 0.25) is 0 Å². The summed E-state index contributed by atoms with van der Waals surface area (Å²) < 4.78 is 1.02. The van der Waals surface area contributed by atoms with E-state index < -0.39 is 0 Å². The molecule has 140 valence electrons. The molecule has 0 bridgehead atoms. The fourth-order valence-corrected chi connectivity index (χ4v) is 3.88. The molecule has 0 atom stereocenters. The minimum atomic E-state index is 0.216. The minimum absolute atomic E-state index is 0.216. The van der Waals surface area contributed by atoms with Crippen molar-refractivity contribution in [3.8, 4) is 0 Å². The van der Waals surface area contributed by atoms with E-state index in [1.54, 1.807) is 6.20 Å². The van der Waals surface area contributed by atoms with E-state index >= 15 is 0 Å². The number of ketones is 1. The predicted octanol–water partition coefficient (Wildman–Crippen LogP) is 5.17. The number of hydrogen-bond donors (Lipinski definition) is 2. The first kappa shape index (κ1) is 19.3. The van der Waals surface area contributed by atoms with Gasteiger partial charge >= 0.3 is 0 Å². The third kappa shape index (κ3) is 4.63. The highest BCUT2D eigenvalue weighted by Gasteiger charge is 2.33. The van der Waals surface area contributed by atoms with Crippen LogP contribution in [0.1, 0.15) is 55.3 Å². The maximum atomic E-state index is 12.7. The Kier molecular flexibility index (Phi) is 6.65. The van der Waals surface area contributed by atoms with E-state index in [2.05, 4.69) is 37.6 Å². The van der Waals surface area contributed by atoms with Gasteiger partial charge in [-0.2, -0.15) is 0 Å². The van der Waals surface area contributed by atoms with E-state index in [4.69, 9.17) is 0 Å². The standard InChI is InChI=1S/C19H21BrN2O.C2H7N/c20-13-8-9-17-15(10-13)18(22-14-4-2-1-3-5-14)16(11-21-17)19(23)12-6-7-12;1-3-2/h8-12,14H,1-7H2,(H,21,22);3H,1-2H3. The van der Waals surface area contributed by atoms with E-state index in [1.165, 1.54) is 32.1 Å². The summed E-state index contributed by atoms with van der Waals surface area (Å²) in [4.78, 5) is 17.2. The topological polar surface area (TPSA) is 54.0 Å². The van der Waals surface area contributed by atoms with Crippen molar-refractivity contribution in [2.24, 2.45) is 5.92 Å². The number of nitrogens with one attached hydrogen (secondary N) is 2. The van der Waals surface area contributed by atoms with Gasteiger partial charge in [-0.1, -0.05) is 35.2 Å². The summed E-state index contributed by atoms with van der Waals surface area (Å²) in [5.41, 5.74) is 2.72. The lowest BCUT2D eigenvalue weighted by Crippen LogP contribution is -2.24. The number of fused-ring (bicyclic) bond motifs is 1. The Morgan fingerprint density at radius 2 is 1.81 bits per heavy atom. The van der Waals surface area contributed by atoms with Crippen molar-refractivity contribution in [3.05, 3.63) is 34.4 Å². The number of pyridine rings is 1. The molecule has 0 spiro atoms. The molecule has 2 aliphatic carbocycles.